The minimum atomic E-state index is -0.112. The summed E-state index contributed by atoms with van der Waals surface area (Å²) in [6, 6.07) is 13.1. The summed E-state index contributed by atoms with van der Waals surface area (Å²) >= 11 is 0. The molecule has 6 heteroatoms. The van der Waals surface area contributed by atoms with Crippen LogP contribution in [-0.2, 0) is 33.0 Å². The van der Waals surface area contributed by atoms with Gasteiger partial charge < -0.3 is 9.88 Å². The normalized spacial score (nSPS) is 13.2. The standard InChI is InChI=1S/C22H24N4O2/c1-25-19-7-3-2-6-18(19)21(24-25)22(28)23-14-16-9-11-17(12-10-16)15-26-13-5-4-8-20(26)27/h4-5,8-13H,2-3,6-7,14-15H2,1H3,(H,23,28). The molecule has 1 N–H and O–H groups in total. The van der Waals surface area contributed by atoms with E-state index in [1.54, 1.807) is 22.9 Å². The lowest BCUT2D eigenvalue weighted by molar-refractivity contribution is 0.0944. The lowest BCUT2D eigenvalue weighted by Gasteiger charge is -2.12. The molecular formula is C22H24N4O2. The number of carbonyl (C=O) groups excluding carboxylic acids is 1. The summed E-state index contributed by atoms with van der Waals surface area (Å²) in [5.74, 6) is -0.112. The molecule has 0 atom stereocenters. The van der Waals surface area contributed by atoms with E-state index in [2.05, 4.69) is 10.4 Å². The number of pyridine rings is 1. The second kappa shape index (κ2) is 7.84. The minimum absolute atomic E-state index is 0.0162. The van der Waals surface area contributed by atoms with E-state index >= 15 is 0 Å². The largest absolute Gasteiger partial charge is 0.347 e. The summed E-state index contributed by atoms with van der Waals surface area (Å²) < 4.78 is 3.52. The highest BCUT2D eigenvalue weighted by Gasteiger charge is 2.23. The van der Waals surface area contributed by atoms with Crippen molar-refractivity contribution in [2.24, 2.45) is 7.05 Å². The predicted octanol–water partition coefficient (Wildman–Crippen LogP) is 2.44. The lowest BCUT2D eigenvalue weighted by Crippen LogP contribution is -2.24. The molecule has 2 aromatic heterocycles. The third kappa shape index (κ3) is 3.76. The van der Waals surface area contributed by atoms with Crippen LogP contribution >= 0.6 is 0 Å². The average molecular weight is 376 g/mol. The maximum absolute atomic E-state index is 12.6. The van der Waals surface area contributed by atoms with Crippen LogP contribution < -0.4 is 10.9 Å². The Morgan fingerprint density at radius 1 is 1.07 bits per heavy atom. The van der Waals surface area contributed by atoms with Crippen molar-refractivity contribution in [2.75, 3.05) is 0 Å². The van der Waals surface area contributed by atoms with Crippen LogP contribution in [0, 0.1) is 0 Å². The highest BCUT2D eigenvalue weighted by molar-refractivity contribution is 5.94. The second-order valence-electron chi connectivity index (χ2n) is 7.27. The Labute approximate surface area is 163 Å². The molecule has 6 nitrogen and oxygen atoms in total. The van der Waals surface area contributed by atoms with E-state index in [1.807, 2.05) is 42.1 Å². The van der Waals surface area contributed by atoms with Gasteiger partial charge in [-0.15, -0.1) is 0 Å². The third-order valence-electron chi connectivity index (χ3n) is 5.31. The van der Waals surface area contributed by atoms with Gasteiger partial charge in [0, 0.05) is 37.1 Å². The molecule has 0 aliphatic heterocycles. The van der Waals surface area contributed by atoms with E-state index in [1.165, 1.54) is 5.69 Å². The van der Waals surface area contributed by atoms with Crippen LogP contribution in [0.1, 0.15) is 45.7 Å². The van der Waals surface area contributed by atoms with E-state index in [-0.39, 0.29) is 11.5 Å². The molecule has 0 fully saturated rings. The number of nitrogens with one attached hydrogen (secondary N) is 1. The minimum Gasteiger partial charge on any atom is -0.347 e. The summed E-state index contributed by atoms with van der Waals surface area (Å²) in [7, 11) is 1.91. The summed E-state index contributed by atoms with van der Waals surface area (Å²) in [4.78, 5) is 24.4. The Kier molecular flexibility index (Phi) is 5.10. The summed E-state index contributed by atoms with van der Waals surface area (Å²) in [5, 5.41) is 7.43. The third-order valence-corrected chi connectivity index (χ3v) is 5.31. The number of carbonyl (C=O) groups is 1. The number of nitrogens with zero attached hydrogens (tertiary/aromatic N) is 3. The van der Waals surface area contributed by atoms with Crippen LogP contribution in [0.25, 0.3) is 0 Å². The van der Waals surface area contributed by atoms with Crippen molar-refractivity contribution in [1.29, 1.82) is 0 Å². The topological polar surface area (TPSA) is 68.9 Å². The van der Waals surface area contributed by atoms with Crippen molar-refractivity contribution in [3.8, 4) is 0 Å². The number of benzene rings is 1. The molecule has 1 amide bonds. The number of rotatable bonds is 5. The van der Waals surface area contributed by atoms with Crippen LogP contribution in [0.3, 0.4) is 0 Å². The zero-order valence-corrected chi connectivity index (χ0v) is 16.0. The molecule has 0 saturated heterocycles. The van der Waals surface area contributed by atoms with Crippen LogP contribution in [-0.4, -0.2) is 20.3 Å². The first-order valence-corrected chi connectivity index (χ1v) is 9.68. The number of hydrogen-bond donors (Lipinski definition) is 1. The van der Waals surface area contributed by atoms with Crippen molar-refractivity contribution in [1.82, 2.24) is 19.7 Å². The summed E-state index contributed by atoms with van der Waals surface area (Å²) in [6.07, 6.45) is 5.99. The van der Waals surface area contributed by atoms with Crippen LogP contribution in [0.4, 0.5) is 0 Å². The Morgan fingerprint density at radius 2 is 1.82 bits per heavy atom. The van der Waals surface area contributed by atoms with Gasteiger partial charge in [-0.25, -0.2) is 0 Å². The van der Waals surface area contributed by atoms with Crippen molar-refractivity contribution in [3.63, 3.8) is 0 Å². The van der Waals surface area contributed by atoms with Gasteiger partial charge in [-0.1, -0.05) is 30.3 Å². The van der Waals surface area contributed by atoms with E-state index in [0.29, 0.717) is 18.8 Å². The molecule has 28 heavy (non-hydrogen) atoms. The Bertz CT molecular complexity index is 1050. The molecule has 0 spiro atoms. The quantitative estimate of drug-likeness (QED) is 0.744. The first-order valence-electron chi connectivity index (χ1n) is 9.68. The Balaban J connectivity index is 1.40. The Hall–Kier alpha value is -3.15. The molecule has 0 saturated carbocycles. The van der Waals surface area contributed by atoms with Crippen molar-refractivity contribution < 1.29 is 4.79 Å². The van der Waals surface area contributed by atoms with E-state index in [0.717, 1.165) is 42.4 Å². The monoisotopic (exact) mass is 376 g/mol. The van der Waals surface area contributed by atoms with Crippen LogP contribution in [0.15, 0.2) is 53.5 Å². The van der Waals surface area contributed by atoms with Gasteiger partial charge in [0.2, 0.25) is 0 Å². The summed E-state index contributed by atoms with van der Waals surface area (Å²) in [6.45, 7) is 0.988. The lowest BCUT2D eigenvalue weighted by atomic mass is 9.95. The first-order chi connectivity index (χ1) is 13.6. The maximum Gasteiger partial charge on any atom is 0.272 e. The predicted molar refractivity (Wildman–Crippen MR) is 107 cm³/mol. The molecule has 0 bridgehead atoms. The van der Waals surface area contributed by atoms with Gasteiger partial charge in [0.05, 0.1) is 6.54 Å². The zero-order chi connectivity index (χ0) is 19.5. The molecule has 3 aromatic rings. The van der Waals surface area contributed by atoms with Crippen LogP contribution in [0.5, 0.6) is 0 Å². The van der Waals surface area contributed by atoms with Crippen molar-refractivity contribution in [3.05, 3.63) is 87.1 Å². The molecule has 0 radical (unpaired) electrons. The van der Waals surface area contributed by atoms with Gasteiger partial charge in [0.15, 0.2) is 5.69 Å². The molecule has 1 aliphatic carbocycles. The molecule has 2 heterocycles. The average Bonchev–Trinajstić information content (AvgIpc) is 3.06. The highest BCUT2D eigenvalue weighted by Crippen LogP contribution is 2.23. The van der Waals surface area contributed by atoms with E-state index in [4.69, 9.17) is 0 Å². The molecular weight excluding hydrogens is 352 g/mol. The van der Waals surface area contributed by atoms with Crippen molar-refractivity contribution >= 4 is 5.91 Å². The summed E-state index contributed by atoms with van der Waals surface area (Å²) in [5.41, 5.74) is 4.91. The van der Waals surface area contributed by atoms with Gasteiger partial charge >= 0.3 is 0 Å². The fourth-order valence-electron chi connectivity index (χ4n) is 3.77. The van der Waals surface area contributed by atoms with Gasteiger partial charge in [0.1, 0.15) is 0 Å². The fraction of sp³-hybridized carbons (Fsp3) is 0.318. The SMILES string of the molecule is Cn1nc(C(=O)NCc2ccc(Cn3ccccc3=O)cc2)c2c1CCCC2. The van der Waals surface area contributed by atoms with E-state index in [9.17, 15) is 9.59 Å². The number of aromatic nitrogens is 3. The molecule has 1 aromatic carbocycles. The second-order valence-corrected chi connectivity index (χ2v) is 7.27. The number of amides is 1. The highest BCUT2D eigenvalue weighted by atomic mass is 16.2. The Morgan fingerprint density at radius 3 is 2.61 bits per heavy atom. The van der Waals surface area contributed by atoms with Gasteiger partial charge in [0.25, 0.3) is 11.5 Å². The fourth-order valence-corrected chi connectivity index (χ4v) is 3.77. The molecule has 4 rings (SSSR count). The molecule has 0 unspecified atom stereocenters. The van der Waals surface area contributed by atoms with E-state index < -0.39 is 0 Å². The first kappa shape index (κ1) is 18.2. The van der Waals surface area contributed by atoms with Gasteiger partial charge in [-0.2, -0.15) is 5.10 Å². The van der Waals surface area contributed by atoms with Crippen LogP contribution in [0.2, 0.25) is 0 Å². The van der Waals surface area contributed by atoms with Gasteiger partial charge in [-0.05, 0) is 42.9 Å². The molecule has 144 valence electrons. The maximum atomic E-state index is 12.6. The van der Waals surface area contributed by atoms with Gasteiger partial charge in [-0.3, -0.25) is 14.3 Å². The number of hydrogen-bond acceptors (Lipinski definition) is 3. The number of fused-ring (bicyclic) bond motifs is 1. The smallest absolute Gasteiger partial charge is 0.272 e. The molecule has 1 aliphatic rings. The van der Waals surface area contributed by atoms with Crippen molar-refractivity contribution in [2.45, 2.75) is 38.8 Å². The number of aryl methyl sites for hydroxylation is 1. The zero-order valence-electron chi connectivity index (χ0n) is 16.0.